The van der Waals surface area contributed by atoms with Gasteiger partial charge in [0.15, 0.2) is 0 Å². The minimum absolute atomic E-state index is 1.52. The van der Waals surface area contributed by atoms with Crippen molar-refractivity contribution in [2.24, 2.45) is 0 Å². The van der Waals surface area contributed by atoms with Gasteiger partial charge in [-0.3, -0.25) is 0 Å². The molecule has 0 aromatic heterocycles. The molecule has 0 rings (SSSR count). The van der Waals surface area contributed by atoms with Crippen LogP contribution in [0, 0.1) is 0 Å². The van der Waals surface area contributed by atoms with Crippen molar-refractivity contribution in [3.63, 3.8) is 0 Å². The van der Waals surface area contributed by atoms with E-state index in [4.69, 9.17) is 23.2 Å². The van der Waals surface area contributed by atoms with Crippen molar-refractivity contribution in [2.75, 3.05) is 0 Å². The van der Waals surface area contributed by atoms with Crippen molar-refractivity contribution in [3.05, 3.63) is 0 Å². The molecule has 0 amide bonds. The topological polar surface area (TPSA) is 0 Å². The van der Waals surface area contributed by atoms with Crippen LogP contribution < -0.4 is 0 Å². The second kappa shape index (κ2) is 2.37. The van der Waals surface area contributed by atoms with Crippen LogP contribution in [0.2, 0.25) is 0 Å². The number of hydrogen-bond donors (Lipinski definition) is 0. The Labute approximate surface area is 76.2 Å². The fourth-order valence-electron chi connectivity index (χ4n) is 0. The molecule has 0 aliphatic rings. The van der Waals surface area contributed by atoms with Crippen LogP contribution in [0.3, 0.4) is 0 Å². The molecule has 0 atom stereocenters. The molecule has 0 aromatic carbocycles. The molecule has 0 nitrogen and oxygen atoms in total. The summed E-state index contributed by atoms with van der Waals surface area (Å²) in [6.45, 7) is 0. The van der Waals surface area contributed by atoms with E-state index in [0.29, 0.717) is 0 Å². The second-order valence-corrected chi connectivity index (χ2v) is 11.3. The Morgan fingerprint density at radius 2 is 1.33 bits per heavy atom. The third-order valence-corrected chi connectivity index (χ3v) is 8.79. The van der Waals surface area contributed by atoms with Gasteiger partial charge in [0.1, 0.15) is 0 Å². The van der Waals surface area contributed by atoms with Gasteiger partial charge < -0.3 is 0 Å². The van der Waals surface area contributed by atoms with Crippen molar-refractivity contribution in [1.82, 2.24) is 0 Å². The third-order valence-electron chi connectivity index (χ3n) is 0.383. The summed E-state index contributed by atoms with van der Waals surface area (Å²) in [6.07, 6.45) is -6.55. The maximum atomic E-state index is 12.0. The normalized spacial score (nSPS) is 18.8. The van der Waals surface area contributed by atoms with E-state index in [1.54, 1.807) is 0 Å². The van der Waals surface area contributed by atoms with Crippen LogP contribution in [-0.2, 0) is 0 Å². The van der Waals surface area contributed by atoms with E-state index in [2.05, 4.69) is 15.9 Å². The van der Waals surface area contributed by atoms with E-state index in [9.17, 15) is 12.6 Å². The Balaban J connectivity index is 4.56. The molecule has 0 fully saturated rings. The van der Waals surface area contributed by atoms with E-state index >= 15 is 0 Å². The number of rotatable bonds is 1. The number of hydrogen-bond acceptors (Lipinski definition) is 0. The Hall–Kier alpha value is 1.76. The first kappa shape index (κ1) is 10.8. The Morgan fingerprint density at radius 3 is 1.33 bits per heavy atom. The predicted octanol–water partition coefficient (Wildman–Crippen LogP) is 4.99. The summed E-state index contributed by atoms with van der Waals surface area (Å²) in [5.74, 6) is 0. The molecular weight excluding hydrogens is 331 g/mol. The van der Waals surface area contributed by atoms with E-state index in [1.165, 1.54) is 15.5 Å². The second-order valence-electron chi connectivity index (χ2n) is 1.19. The standard InChI is InChI=1S/CBr2Cl2F3P/c2-1(4,5)9(3,6,7)8. The molecule has 0 aromatic rings. The van der Waals surface area contributed by atoms with Crippen molar-refractivity contribution >= 4 is 60.9 Å². The Bertz CT molecular complexity index is 115. The van der Waals surface area contributed by atoms with Gasteiger partial charge >= 0.3 is 76.4 Å². The maximum absolute atomic E-state index is 12.0. The van der Waals surface area contributed by atoms with E-state index in [0.717, 1.165) is 0 Å². The van der Waals surface area contributed by atoms with E-state index in [1.807, 2.05) is 0 Å². The molecule has 0 saturated heterocycles. The van der Waals surface area contributed by atoms with Crippen LogP contribution in [0.1, 0.15) is 0 Å². The van der Waals surface area contributed by atoms with Gasteiger partial charge in [-0.2, -0.15) is 0 Å². The molecule has 0 unspecified atom stereocenters. The average Bonchev–Trinajstić information content (AvgIpc) is 1.20. The average molecular weight is 331 g/mol. The molecule has 0 radical (unpaired) electrons. The molecule has 8 heteroatoms. The fraction of sp³-hybridized carbons (Fsp3) is 1.00. The Kier molecular flexibility index (Phi) is 2.84. The van der Waals surface area contributed by atoms with Crippen LogP contribution >= 0.6 is 60.9 Å². The first-order valence-corrected chi connectivity index (χ1v) is 6.94. The van der Waals surface area contributed by atoms with Gasteiger partial charge in [0, 0.05) is 0 Å². The minimum atomic E-state index is -6.55. The van der Waals surface area contributed by atoms with Gasteiger partial charge in [0.05, 0.1) is 0 Å². The summed E-state index contributed by atoms with van der Waals surface area (Å²) in [7, 11) is 0. The molecule has 58 valence electrons. The van der Waals surface area contributed by atoms with Gasteiger partial charge in [-0.05, 0) is 0 Å². The van der Waals surface area contributed by atoms with Crippen LogP contribution in [-0.4, -0.2) is 2.98 Å². The monoisotopic (exact) mass is 328 g/mol. The van der Waals surface area contributed by atoms with Crippen molar-refractivity contribution in [2.45, 2.75) is 2.98 Å². The fourth-order valence-corrected chi connectivity index (χ4v) is 0. The van der Waals surface area contributed by atoms with Gasteiger partial charge in [0.25, 0.3) is 0 Å². The summed E-state index contributed by atoms with van der Waals surface area (Å²) < 4.78 is 33.1. The molecule has 0 spiro atoms. The van der Waals surface area contributed by atoms with E-state index < -0.39 is 9.22 Å². The van der Waals surface area contributed by atoms with Crippen molar-refractivity contribution in [3.8, 4) is 0 Å². The third kappa shape index (κ3) is 3.10. The van der Waals surface area contributed by atoms with Gasteiger partial charge in [-0.25, -0.2) is 0 Å². The molecule has 9 heavy (non-hydrogen) atoms. The number of alkyl halides is 3. The summed E-state index contributed by atoms with van der Waals surface area (Å²) in [6, 6.07) is 0. The molecule has 0 saturated carbocycles. The zero-order valence-electron chi connectivity index (χ0n) is 3.59. The molecule has 0 bridgehead atoms. The van der Waals surface area contributed by atoms with Gasteiger partial charge in [0.2, 0.25) is 0 Å². The van der Waals surface area contributed by atoms with E-state index in [-0.39, 0.29) is 0 Å². The van der Waals surface area contributed by atoms with Crippen molar-refractivity contribution in [1.29, 1.82) is 0 Å². The molecule has 0 heterocycles. The zero-order valence-corrected chi connectivity index (χ0v) is 9.17. The molecular formula is CBr2Cl2F3P. The summed E-state index contributed by atoms with van der Waals surface area (Å²) in [5, 5.41) is 0. The summed E-state index contributed by atoms with van der Waals surface area (Å²) in [5.41, 5.74) is 0. The van der Waals surface area contributed by atoms with Gasteiger partial charge in [-0.15, -0.1) is 0 Å². The predicted molar refractivity (Wildman–Crippen MR) is 42.5 cm³/mol. The van der Waals surface area contributed by atoms with Crippen molar-refractivity contribution < 1.29 is 12.6 Å². The molecule has 0 N–H and O–H groups in total. The quantitative estimate of drug-likeness (QED) is 0.469. The summed E-state index contributed by atoms with van der Waals surface area (Å²) >= 11 is 13.0. The van der Waals surface area contributed by atoms with Crippen LogP contribution in [0.5, 0.6) is 0 Å². The first-order valence-electron chi connectivity index (χ1n) is 1.47. The molecule has 0 aliphatic heterocycles. The Morgan fingerprint density at radius 1 is 1.22 bits per heavy atom. The number of halogens is 7. The molecule has 0 aliphatic carbocycles. The van der Waals surface area contributed by atoms with Gasteiger partial charge in [-0.1, -0.05) is 0 Å². The van der Waals surface area contributed by atoms with Crippen LogP contribution in [0.4, 0.5) is 12.6 Å². The van der Waals surface area contributed by atoms with Crippen LogP contribution in [0.25, 0.3) is 0 Å². The summed E-state index contributed by atoms with van der Waals surface area (Å²) in [4.78, 5) is 0. The SMILES string of the molecule is FP(F)(F)(Br)C(Cl)(Cl)Br. The first-order chi connectivity index (χ1) is 3.51. The van der Waals surface area contributed by atoms with Crippen LogP contribution in [0.15, 0.2) is 0 Å². The zero-order chi connectivity index (χ0) is 7.95.